The first-order chi connectivity index (χ1) is 14.6. The molecule has 0 saturated carbocycles. The van der Waals surface area contributed by atoms with Gasteiger partial charge in [0.15, 0.2) is 6.61 Å². The molecule has 1 heterocycles. The number of pyridine rings is 1. The molecule has 6 heteroatoms. The van der Waals surface area contributed by atoms with Crippen LogP contribution < -0.4 is 14.5 Å². The Bertz CT molecular complexity index is 927. The molecule has 1 aromatic heterocycles. The molecule has 3 rings (SSSR count). The third kappa shape index (κ3) is 5.74. The molecular weight excluding hydrogens is 398 g/mol. The molecule has 30 heavy (non-hydrogen) atoms. The highest BCUT2D eigenvalue weighted by molar-refractivity contribution is 6.30. The van der Waals surface area contributed by atoms with Crippen molar-refractivity contribution in [1.29, 1.82) is 0 Å². The van der Waals surface area contributed by atoms with Crippen LogP contribution in [0.2, 0.25) is 5.02 Å². The molecule has 0 aliphatic rings. The zero-order valence-corrected chi connectivity index (χ0v) is 18.0. The maximum atomic E-state index is 13.0. The third-order valence-corrected chi connectivity index (χ3v) is 5.06. The number of hydrogen-bond acceptors (Lipinski definition) is 4. The van der Waals surface area contributed by atoms with E-state index in [-0.39, 0.29) is 12.5 Å². The van der Waals surface area contributed by atoms with Crippen molar-refractivity contribution in [3.05, 3.63) is 83.5 Å². The summed E-state index contributed by atoms with van der Waals surface area (Å²) >= 11 is 5.90. The summed E-state index contributed by atoms with van der Waals surface area (Å²) in [4.78, 5) is 21.3. The van der Waals surface area contributed by atoms with E-state index in [0.29, 0.717) is 23.1 Å². The van der Waals surface area contributed by atoms with E-state index in [1.54, 1.807) is 35.4 Å². The number of anilines is 2. The fraction of sp³-hybridized carbons (Fsp3) is 0.250. The number of aromatic nitrogens is 1. The molecule has 0 aliphatic heterocycles. The van der Waals surface area contributed by atoms with E-state index >= 15 is 0 Å². The first kappa shape index (κ1) is 21.7. The van der Waals surface area contributed by atoms with Gasteiger partial charge >= 0.3 is 0 Å². The molecule has 0 N–H and O–H groups in total. The van der Waals surface area contributed by atoms with E-state index in [2.05, 4.69) is 48.0 Å². The van der Waals surface area contributed by atoms with E-state index in [1.807, 2.05) is 18.2 Å². The minimum atomic E-state index is -0.170. The Hall–Kier alpha value is -3.05. The number of rotatable bonds is 9. The van der Waals surface area contributed by atoms with Crippen LogP contribution in [0.1, 0.15) is 19.4 Å². The van der Waals surface area contributed by atoms with Crippen LogP contribution in [0.4, 0.5) is 11.5 Å². The van der Waals surface area contributed by atoms with Gasteiger partial charge in [0.25, 0.3) is 5.91 Å². The third-order valence-electron chi connectivity index (χ3n) is 4.81. The van der Waals surface area contributed by atoms with E-state index in [0.717, 1.165) is 18.7 Å². The van der Waals surface area contributed by atoms with Gasteiger partial charge in [-0.3, -0.25) is 9.69 Å². The summed E-state index contributed by atoms with van der Waals surface area (Å²) in [5, 5.41) is 0.622. The second-order valence-electron chi connectivity index (χ2n) is 6.75. The van der Waals surface area contributed by atoms with Gasteiger partial charge in [-0.2, -0.15) is 0 Å². The van der Waals surface area contributed by atoms with Crippen molar-refractivity contribution >= 4 is 29.0 Å². The molecular formula is C24H26ClN3O2. The van der Waals surface area contributed by atoms with Crippen molar-refractivity contribution in [3.8, 4) is 5.75 Å². The van der Waals surface area contributed by atoms with E-state index < -0.39 is 0 Å². The quantitative estimate of drug-likeness (QED) is 0.475. The zero-order chi connectivity index (χ0) is 21.3. The maximum absolute atomic E-state index is 13.0. The number of amides is 1. The Labute approximate surface area is 182 Å². The van der Waals surface area contributed by atoms with E-state index in [4.69, 9.17) is 16.3 Å². The lowest BCUT2D eigenvalue weighted by molar-refractivity contribution is -0.120. The average Bonchev–Trinajstić information content (AvgIpc) is 2.79. The number of ether oxygens (including phenoxy) is 1. The summed E-state index contributed by atoms with van der Waals surface area (Å²) in [6.45, 7) is 6.51. The molecule has 0 atom stereocenters. The average molecular weight is 424 g/mol. The molecule has 5 nitrogen and oxygen atoms in total. The maximum Gasteiger partial charge on any atom is 0.266 e. The Morgan fingerprint density at radius 3 is 2.27 bits per heavy atom. The fourth-order valence-electron chi connectivity index (χ4n) is 3.15. The standard InChI is InChI=1S/C24H26ClN3O2/c1-3-27(4-2)21-12-8-19(9-13-21)17-28(23-7-5-6-16-26-23)24(29)18-30-22-14-10-20(25)11-15-22/h5-16H,3-4,17-18H2,1-2H3. The Balaban J connectivity index is 1.74. The van der Waals surface area contributed by atoms with Crippen LogP contribution in [0, 0.1) is 0 Å². The molecule has 2 aromatic carbocycles. The molecule has 1 amide bonds. The molecule has 0 saturated heterocycles. The predicted octanol–water partition coefficient (Wildman–Crippen LogP) is 5.19. The fourth-order valence-corrected chi connectivity index (χ4v) is 3.27. The first-order valence-corrected chi connectivity index (χ1v) is 10.4. The van der Waals surface area contributed by atoms with Crippen molar-refractivity contribution in [1.82, 2.24) is 4.98 Å². The highest BCUT2D eigenvalue weighted by Crippen LogP contribution is 2.20. The van der Waals surface area contributed by atoms with E-state index in [9.17, 15) is 4.79 Å². The topological polar surface area (TPSA) is 45.7 Å². The van der Waals surface area contributed by atoms with Crippen molar-refractivity contribution in [2.75, 3.05) is 29.5 Å². The molecule has 3 aromatic rings. The minimum Gasteiger partial charge on any atom is -0.484 e. The van der Waals surface area contributed by atoms with Crippen molar-refractivity contribution in [2.45, 2.75) is 20.4 Å². The second kappa shape index (κ2) is 10.6. The largest absolute Gasteiger partial charge is 0.484 e. The number of nitrogens with zero attached hydrogens (tertiary/aromatic N) is 3. The van der Waals surface area contributed by atoms with Crippen LogP contribution in [0.25, 0.3) is 0 Å². The van der Waals surface area contributed by atoms with Gasteiger partial charge < -0.3 is 9.64 Å². The number of carbonyl (C=O) groups excluding carboxylic acids is 1. The van der Waals surface area contributed by atoms with Gasteiger partial charge in [-0.15, -0.1) is 0 Å². The molecule has 0 spiro atoms. The minimum absolute atomic E-state index is 0.0876. The number of halogens is 1. The summed E-state index contributed by atoms with van der Waals surface area (Å²) in [7, 11) is 0. The van der Waals surface area contributed by atoms with Crippen LogP contribution in [0.3, 0.4) is 0 Å². The van der Waals surface area contributed by atoms with Gasteiger partial charge in [-0.1, -0.05) is 29.8 Å². The van der Waals surface area contributed by atoms with Crippen LogP contribution >= 0.6 is 11.6 Å². The lowest BCUT2D eigenvalue weighted by atomic mass is 10.1. The molecule has 0 unspecified atom stereocenters. The smallest absolute Gasteiger partial charge is 0.266 e. The number of benzene rings is 2. The highest BCUT2D eigenvalue weighted by Gasteiger charge is 2.18. The van der Waals surface area contributed by atoms with Gasteiger partial charge in [0.05, 0.1) is 6.54 Å². The monoisotopic (exact) mass is 423 g/mol. The predicted molar refractivity (Wildman–Crippen MR) is 122 cm³/mol. The lowest BCUT2D eigenvalue weighted by Crippen LogP contribution is -2.35. The summed E-state index contributed by atoms with van der Waals surface area (Å²) < 4.78 is 5.66. The molecule has 156 valence electrons. The number of carbonyl (C=O) groups is 1. The lowest BCUT2D eigenvalue weighted by Gasteiger charge is -2.24. The van der Waals surface area contributed by atoms with Crippen LogP contribution in [0.15, 0.2) is 72.9 Å². The summed E-state index contributed by atoms with van der Waals surface area (Å²) in [5.74, 6) is 1.02. The molecule has 0 fully saturated rings. The van der Waals surface area contributed by atoms with Crippen molar-refractivity contribution < 1.29 is 9.53 Å². The van der Waals surface area contributed by atoms with Crippen LogP contribution in [-0.2, 0) is 11.3 Å². The highest BCUT2D eigenvalue weighted by atomic mass is 35.5. The van der Waals surface area contributed by atoms with Gasteiger partial charge in [-0.05, 0) is 67.9 Å². The Kier molecular flexibility index (Phi) is 7.69. The summed E-state index contributed by atoms with van der Waals surface area (Å²) in [6, 6.07) is 20.8. The van der Waals surface area contributed by atoms with Gasteiger partial charge in [0.1, 0.15) is 11.6 Å². The van der Waals surface area contributed by atoms with Gasteiger partial charge in [0.2, 0.25) is 0 Å². The number of hydrogen-bond donors (Lipinski definition) is 0. The molecule has 0 radical (unpaired) electrons. The summed E-state index contributed by atoms with van der Waals surface area (Å²) in [5.41, 5.74) is 2.20. The van der Waals surface area contributed by atoms with Crippen molar-refractivity contribution in [3.63, 3.8) is 0 Å². The van der Waals surface area contributed by atoms with Gasteiger partial charge in [-0.25, -0.2) is 4.98 Å². The Morgan fingerprint density at radius 2 is 1.67 bits per heavy atom. The van der Waals surface area contributed by atoms with Gasteiger partial charge in [0, 0.05) is 30.0 Å². The summed E-state index contributed by atoms with van der Waals surface area (Å²) in [6.07, 6.45) is 1.68. The van der Waals surface area contributed by atoms with Crippen molar-refractivity contribution in [2.24, 2.45) is 0 Å². The van der Waals surface area contributed by atoms with Crippen LogP contribution in [-0.4, -0.2) is 30.6 Å². The Morgan fingerprint density at radius 1 is 0.967 bits per heavy atom. The van der Waals surface area contributed by atoms with Crippen LogP contribution in [0.5, 0.6) is 5.75 Å². The second-order valence-corrected chi connectivity index (χ2v) is 7.19. The molecule has 0 bridgehead atoms. The normalized spacial score (nSPS) is 10.5. The zero-order valence-electron chi connectivity index (χ0n) is 17.3. The first-order valence-electron chi connectivity index (χ1n) is 10.0. The van der Waals surface area contributed by atoms with E-state index in [1.165, 1.54) is 5.69 Å². The molecule has 0 aliphatic carbocycles. The SMILES string of the molecule is CCN(CC)c1ccc(CN(C(=O)COc2ccc(Cl)cc2)c2ccccn2)cc1.